The zero-order valence-electron chi connectivity index (χ0n) is 13.7. The second-order valence-electron chi connectivity index (χ2n) is 5.85. The van der Waals surface area contributed by atoms with Gasteiger partial charge in [-0.05, 0) is 36.2 Å². The number of hydrogen-bond donors (Lipinski definition) is 1. The Morgan fingerprint density at radius 3 is 2.67 bits per heavy atom. The highest BCUT2D eigenvalue weighted by Gasteiger charge is 2.22. The SMILES string of the molecule is C=C(C)C(=O)OCCOc1ccc(C2CNc3ccccc32)cc1. The molecule has 0 bridgehead atoms. The number of ether oxygens (including phenoxy) is 2. The summed E-state index contributed by atoms with van der Waals surface area (Å²) in [5.74, 6) is 0.748. The Labute approximate surface area is 142 Å². The summed E-state index contributed by atoms with van der Waals surface area (Å²) < 4.78 is 10.6. The predicted octanol–water partition coefficient (Wildman–Crippen LogP) is 3.74. The van der Waals surface area contributed by atoms with E-state index in [1.165, 1.54) is 16.8 Å². The van der Waals surface area contributed by atoms with Crippen molar-refractivity contribution in [3.05, 3.63) is 71.8 Å². The zero-order chi connectivity index (χ0) is 16.9. The summed E-state index contributed by atoms with van der Waals surface area (Å²) >= 11 is 0. The monoisotopic (exact) mass is 323 g/mol. The van der Waals surface area contributed by atoms with Crippen molar-refractivity contribution in [2.75, 3.05) is 25.1 Å². The number of rotatable bonds is 6. The van der Waals surface area contributed by atoms with E-state index in [1.54, 1.807) is 6.92 Å². The average Bonchev–Trinajstić information content (AvgIpc) is 3.03. The topological polar surface area (TPSA) is 47.6 Å². The molecule has 0 radical (unpaired) electrons. The Morgan fingerprint density at radius 1 is 1.17 bits per heavy atom. The highest BCUT2D eigenvalue weighted by Crippen LogP contribution is 2.36. The van der Waals surface area contributed by atoms with Gasteiger partial charge in [0.25, 0.3) is 0 Å². The third-order valence-corrected chi connectivity index (χ3v) is 4.05. The van der Waals surface area contributed by atoms with Crippen LogP contribution in [0.1, 0.15) is 24.0 Å². The van der Waals surface area contributed by atoms with Crippen LogP contribution < -0.4 is 10.1 Å². The maximum atomic E-state index is 11.3. The summed E-state index contributed by atoms with van der Waals surface area (Å²) in [6.07, 6.45) is 0. The normalized spacial score (nSPS) is 15.3. The molecule has 0 aliphatic carbocycles. The molecule has 4 nitrogen and oxygen atoms in total. The number of fused-ring (bicyclic) bond motifs is 1. The number of carbonyl (C=O) groups excluding carboxylic acids is 1. The first-order valence-electron chi connectivity index (χ1n) is 8.03. The van der Waals surface area contributed by atoms with E-state index in [4.69, 9.17) is 9.47 Å². The summed E-state index contributed by atoms with van der Waals surface area (Å²) in [5.41, 5.74) is 4.19. The average molecular weight is 323 g/mol. The van der Waals surface area contributed by atoms with E-state index >= 15 is 0 Å². The van der Waals surface area contributed by atoms with Gasteiger partial charge in [-0.3, -0.25) is 0 Å². The molecule has 1 atom stereocenters. The quantitative estimate of drug-likeness (QED) is 0.500. The van der Waals surface area contributed by atoms with Gasteiger partial charge < -0.3 is 14.8 Å². The lowest BCUT2D eigenvalue weighted by Crippen LogP contribution is -2.12. The van der Waals surface area contributed by atoms with Crippen molar-refractivity contribution in [3.8, 4) is 5.75 Å². The number of anilines is 1. The largest absolute Gasteiger partial charge is 0.490 e. The first-order chi connectivity index (χ1) is 11.6. The van der Waals surface area contributed by atoms with E-state index in [0.29, 0.717) is 18.1 Å². The molecule has 124 valence electrons. The van der Waals surface area contributed by atoms with Gasteiger partial charge in [-0.1, -0.05) is 36.9 Å². The molecule has 1 unspecified atom stereocenters. The van der Waals surface area contributed by atoms with Crippen molar-refractivity contribution < 1.29 is 14.3 Å². The van der Waals surface area contributed by atoms with Crippen LogP contribution >= 0.6 is 0 Å². The first-order valence-corrected chi connectivity index (χ1v) is 8.03. The maximum absolute atomic E-state index is 11.3. The number of nitrogens with one attached hydrogen (secondary N) is 1. The first kappa shape index (κ1) is 16.1. The number of benzene rings is 2. The van der Waals surface area contributed by atoms with Crippen LogP contribution in [0.25, 0.3) is 0 Å². The summed E-state index contributed by atoms with van der Waals surface area (Å²) in [5, 5.41) is 3.44. The minimum atomic E-state index is -0.388. The summed E-state index contributed by atoms with van der Waals surface area (Å²) in [7, 11) is 0. The van der Waals surface area contributed by atoms with Gasteiger partial charge in [-0.25, -0.2) is 4.79 Å². The van der Waals surface area contributed by atoms with Crippen LogP contribution in [0.5, 0.6) is 5.75 Å². The van der Waals surface area contributed by atoms with Gasteiger partial charge in [0.05, 0.1) is 0 Å². The van der Waals surface area contributed by atoms with E-state index in [9.17, 15) is 4.79 Å². The summed E-state index contributed by atoms with van der Waals surface area (Å²) in [6.45, 7) is 6.61. The highest BCUT2D eigenvalue weighted by atomic mass is 16.6. The fraction of sp³-hybridized carbons (Fsp3) is 0.250. The predicted molar refractivity (Wildman–Crippen MR) is 94.5 cm³/mol. The number of carbonyl (C=O) groups is 1. The lowest BCUT2D eigenvalue weighted by molar-refractivity contribution is -0.139. The third-order valence-electron chi connectivity index (χ3n) is 4.05. The van der Waals surface area contributed by atoms with Crippen LogP contribution in [-0.4, -0.2) is 25.7 Å². The standard InChI is InChI=1S/C20H21NO3/c1-14(2)20(22)24-12-11-23-16-9-7-15(8-10-16)18-13-21-19-6-4-3-5-17(18)19/h3-10,18,21H,1,11-13H2,2H3. The van der Waals surface area contributed by atoms with Gasteiger partial charge in [0, 0.05) is 23.7 Å². The number of esters is 1. The molecule has 1 aliphatic rings. The van der Waals surface area contributed by atoms with E-state index in [1.807, 2.05) is 18.2 Å². The molecule has 1 heterocycles. The lowest BCUT2D eigenvalue weighted by atomic mass is 9.93. The molecule has 2 aromatic rings. The van der Waals surface area contributed by atoms with Crippen molar-refractivity contribution in [2.45, 2.75) is 12.8 Å². The van der Waals surface area contributed by atoms with Crippen LogP contribution in [0.2, 0.25) is 0 Å². The molecule has 24 heavy (non-hydrogen) atoms. The molecule has 4 heteroatoms. The van der Waals surface area contributed by atoms with Crippen LogP contribution in [0.4, 0.5) is 5.69 Å². The van der Waals surface area contributed by atoms with Gasteiger partial charge >= 0.3 is 5.97 Å². The lowest BCUT2D eigenvalue weighted by Gasteiger charge is -2.12. The minimum Gasteiger partial charge on any atom is -0.490 e. The second kappa shape index (κ2) is 7.21. The van der Waals surface area contributed by atoms with Gasteiger partial charge in [0.15, 0.2) is 0 Å². The van der Waals surface area contributed by atoms with Crippen molar-refractivity contribution >= 4 is 11.7 Å². The molecule has 1 N–H and O–H groups in total. The molecule has 0 saturated heterocycles. The molecule has 0 fully saturated rings. The fourth-order valence-corrected chi connectivity index (χ4v) is 2.79. The van der Waals surface area contributed by atoms with Crippen LogP contribution in [0, 0.1) is 0 Å². The van der Waals surface area contributed by atoms with Crippen molar-refractivity contribution in [1.82, 2.24) is 0 Å². The van der Waals surface area contributed by atoms with Gasteiger partial charge in [-0.15, -0.1) is 0 Å². The number of para-hydroxylation sites is 1. The third kappa shape index (κ3) is 3.59. The van der Waals surface area contributed by atoms with E-state index in [2.05, 4.69) is 42.2 Å². The molecule has 1 aliphatic heterocycles. The Hall–Kier alpha value is -2.75. The molecule has 0 amide bonds. The molecule has 2 aromatic carbocycles. The van der Waals surface area contributed by atoms with Crippen LogP contribution in [0.3, 0.4) is 0 Å². The van der Waals surface area contributed by atoms with Crippen LogP contribution in [-0.2, 0) is 9.53 Å². The fourth-order valence-electron chi connectivity index (χ4n) is 2.79. The maximum Gasteiger partial charge on any atom is 0.333 e. The molecular weight excluding hydrogens is 302 g/mol. The Morgan fingerprint density at radius 2 is 1.92 bits per heavy atom. The van der Waals surface area contributed by atoms with Crippen molar-refractivity contribution in [2.24, 2.45) is 0 Å². The molecule has 0 aromatic heterocycles. The van der Waals surface area contributed by atoms with Crippen LogP contribution in [0.15, 0.2) is 60.7 Å². The highest BCUT2D eigenvalue weighted by molar-refractivity contribution is 5.86. The van der Waals surface area contributed by atoms with Crippen molar-refractivity contribution in [1.29, 1.82) is 0 Å². The van der Waals surface area contributed by atoms with Gasteiger partial charge in [-0.2, -0.15) is 0 Å². The molecule has 3 rings (SSSR count). The molecule has 0 saturated carbocycles. The Kier molecular flexibility index (Phi) is 4.85. The van der Waals surface area contributed by atoms with Crippen molar-refractivity contribution in [3.63, 3.8) is 0 Å². The van der Waals surface area contributed by atoms with E-state index in [-0.39, 0.29) is 12.6 Å². The second-order valence-corrected chi connectivity index (χ2v) is 5.85. The van der Waals surface area contributed by atoms with Gasteiger partial charge in [0.2, 0.25) is 0 Å². The van der Waals surface area contributed by atoms with Gasteiger partial charge in [0.1, 0.15) is 19.0 Å². The Balaban J connectivity index is 1.55. The minimum absolute atomic E-state index is 0.216. The summed E-state index contributed by atoms with van der Waals surface area (Å²) in [6, 6.07) is 16.5. The Bertz CT molecular complexity index is 737. The summed E-state index contributed by atoms with van der Waals surface area (Å²) in [4.78, 5) is 11.3. The van der Waals surface area contributed by atoms with E-state index in [0.717, 1.165) is 12.3 Å². The molecule has 0 spiro atoms. The zero-order valence-corrected chi connectivity index (χ0v) is 13.7. The number of hydrogen-bond acceptors (Lipinski definition) is 4. The smallest absolute Gasteiger partial charge is 0.333 e. The molecular formula is C20H21NO3. The van der Waals surface area contributed by atoms with E-state index < -0.39 is 0 Å².